The predicted octanol–water partition coefficient (Wildman–Crippen LogP) is 3.31. The number of carboxylic acids is 1. The molecule has 0 saturated heterocycles. The zero-order chi connectivity index (χ0) is 20.0. The number of nitrogens with one attached hydrogen (secondary N) is 2. The number of carboxylic acid groups (broad SMARTS) is 1. The lowest BCUT2D eigenvalue weighted by molar-refractivity contribution is -0.140. The van der Waals surface area contributed by atoms with Gasteiger partial charge in [-0.05, 0) is 48.4 Å². The van der Waals surface area contributed by atoms with Crippen molar-refractivity contribution in [3.63, 3.8) is 0 Å². The van der Waals surface area contributed by atoms with Crippen LogP contribution in [0.4, 0.5) is 10.1 Å². The van der Waals surface area contributed by atoms with Crippen molar-refractivity contribution in [3.8, 4) is 0 Å². The number of anilines is 1. The Morgan fingerprint density at radius 3 is 2.30 bits per heavy atom. The van der Waals surface area contributed by atoms with Crippen LogP contribution in [0.1, 0.15) is 41.0 Å². The van der Waals surface area contributed by atoms with E-state index < -0.39 is 29.6 Å². The second kappa shape index (κ2) is 8.93. The van der Waals surface area contributed by atoms with Crippen molar-refractivity contribution >= 4 is 23.5 Å². The summed E-state index contributed by atoms with van der Waals surface area (Å²) in [6, 6.07) is 10.2. The minimum absolute atomic E-state index is 0.224. The van der Waals surface area contributed by atoms with Crippen LogP contribution in [0.5, 0.6) is 0 Å². The maximum Gasteiger partial charge on any atom is 0.326 e. The van der Waals surface area contributed by atoms with E-state index in [0.717, 1.165) is 0 Å². The van der Waals surface area contributed by atoms with Gasteiger partial charge in [0.1, 0.15) is 11.9 Å². The highest BCUT2D eigenvalue weighted by Crippen LogP contribution is 2.14. The quantitative estimate of drug-likeness (QED) is 0.695. The largest absolute Gasteiger partial charge is 0.480 e. The van der Waals surface area contributed by atoms with Crippen LogP contribution in [0.15, 0.2) is 48.5 Å². The summed E-state index contributed by atoms with van der Waals surface area (Å²) in [4.78, 5) is 35.9. The van der Waals surface area contributed by atoms with Gasteiger partial charge in [-0.25, -0.2) is 9.18 Å². The molecule has 3 N–H and O–H groups in total. The first-order valence-corrected chi connectivity index (χ1v) is 8.52. The first-order chi connectivity index (χ1) is 12.8. The van der Waals surface area contributed by atoms with Gasteiger partial charge in [-0.1, -0.05) is 26.3 Å². The monoisotopic (exact) mass is 372 g/mol. The molecule has 0 heterocycles. The molecule has 0 fully saturated rings. The van der Waals surface area contributed by atoms with Crippen LogP contribution in [-0.2, 0) is 4.79 Å². The highest BCUT2D eigenvalue weighted by molar-refractivity contribution is 6.05. The molecule has 2 aromatic carbocycles. The van der Waals surface area contributed by atoms with Gasteiger partial charge in [0, 0.05) is 16.8 Å². The maximum absolute atomic E-state index is 12.9. The lowest BCUT2D eigenvalue weighted by atomic mass is 9.99. The summed E-state index contributed by atoms with van der Waals surface area (Å²) in [7, 11) is 0. The SMILES string of the molecule is CCC(C)C(NC(=O)c1cccc(NC(=O)c2ccc(F)cc2)c1)C(=O)O. The molecule has 2 unspecified atom stereocenters. The lowest BCUT2D eigenvalue weighted by Crippen LogP contribution is -2.45. The van der Waals surface area contributed by atoms with Gasteiger partial charge in [0.2, 0.25) is 0 Å². The third kappa shape index (κ3) is 5.37. The number of aliphatic carboxylic acids is 1. The van der Waals surface area contributed by atoms with Gasteiger partial charge in [0.15, 0.2) is 0 Å². The summed E-state index contributed by atoms with van der Waals surface area (Å²) >= 11 is 0. The van der Waals surface area contributed by atoms with Crippen LogP contribution in [0.25, 0.3) is 0 Å². The molecule has 2 rings (SSSR count). The molecule has 2 amide bonds. The Morgan fingerprint density at radius 2 is 1.70 bits per heavy atom. The molecule has 0 aliphatic carbocycles. The molecule has 6 nitrogen and oxygen atoms in total. The van der Waals surface area contributed by atoms with Crippen molar-refractivity contribution < 1.29 is 23.9 Å². The Hall–Kier alpha value is -3.22. The molecular formula is C20H21FN2O4. The first kappa shape index (κ1) is 20.1. The average molecular weight is 372 g/mol. The number of benzene rings is 2. The van der Waals surface area contributed by atoms with E-state index in [9.17, 15) is 23.9 Å². The molecule has 0 bridgehead atoms. The molecular weight excluding hydrogens is 351 g/mol. The van der Waals surface area contributed by atoms with Crippen LogP contribution in [0, 0.1) is 11.7 Å². The number of hydrogen-bond acceptors (Lipinski definition) is 3. The second-order valence-electron chi connectivity index (χ2n) is 6.22. The average Bonchev–Trinajstić information content (AvgIpc) is 2.65. The van der Waals surface area contributed by atoms with Crippen molar-refractivity contribution in [2.75, 3.05) is 5.32 Å². The first-order valence-electron chi connectivity index (χ1n) is 8.52. The minimum Gasteiger partial charge on any atom is -0.480 e. The van der Waals surface area contributed by atoms with Crippen LogP contribution >= 0.6 is 0 Å². The topological polar surface area (TPSA) is 95.5 Å². The molecule has 7 heteroatoms. The molecule has 2 aromatic rings. The normalized spacial score (nSPS) is 12.7. The number of carbonyl (C=O) groups is 3. The molecule has 142 valence electrons. The number of hydrogen-bond donors (Lipinski definition) is 3. The minimum atomic E-state index is -1.10. The van der Waals surface area contributed by atoms with Crippen LogP contribution in [0.2, 0.25) is 0 Å². The summed E-state index contributed by atoms with van der Waals surface area (Å²) in [5, 5.41) is 14.4. The zero-order valence-electron chi connectivity index (χ0n) is 15.0. The molecule has 27 heavy (non-hydrogen) atoms. The van der Waals surface area contributed by atoms with Crippen LogP contribution < -0.4 is 10.6 Å². The van der Waals surface area contributed by atoms with E-state index in [1.165, 1.54) is 36.4 Å². The Labute approximate surface area is 156 Å². The van der Waals surface area contributed by atoms with Crippen LogP contribution in [-0.4, -0.2) is 28.9 Å². The molecule has 0 spiro atoms. The second-order valence-corrected chi connectivity index (χ2v) is 6.22. The van der Waals surface area contributed by atoms with Gasteiger partial charge in [-0.2, -0.15) is 0 Å². The van der Waals surface area contributed by atoms with Crippen molar-refractivity contribution in [2.24, 2.45) is 5.92 Å². The fourth-order valence-electron chi connectivity index (χ4n) is 2.45. The van der Waals surface area contributed by atoms with Crippen molar-refractivity contribution in [1.82, 2.24) is 5.32 Å². The molecule has 0 radical (unpaired) electrons. The molecule has 0 saturated carbocycles. The highest BCUT2D eigenvalue weighted by atomic mass is 19.1. The van der Waals surface area contributed by atoms with E-state index in [4.69, 9.17) is 0 Å². The summed E-state index contributed by atoms with van der Waals surface area (Å²) in [6.07, 6.45) is 0.602. The Kier molecular flexibility index (Phi) is 6.65. The van der Waals surface area contributed by atoms with E-state index in [-0.39, 0.29) is 17.0 Å². The van der Waals surface area contributed by atoms with Crippen LogP contribution in [0.3, 0.4) is 0 Å². The summed E-state index contributed by atoms with van der Waals surface area (Å²) in [5.74, 6) is -2.76. The molecule has 2 atom stereocenters. The van der Waals surface area contributed by atoms with Crippen molar-refractivity contribution in [2.45, 2.75) is 26.3 Å². The van der Waals surface area contributed by atoms with Gasteiger partial charge in [-0.15, -0.1) is 0 Å². The van der Waals surface area contributed by atoms with Crippen molar-refractivity contribution in [1.29, 1.82) is 0 Å². The van der Waals surface area contributed by atoms with E-state index >= 15 is 0 Å². The Bertz CT molecular complexity index is 836. The van der Waals surface area contributed by atoms with E-state index in [1.807, 2.05) is 6.92 Å². The number of carbonyl (C=O) groups excluding carboxylic acids is 2. The third-order valence-electron chi connectivity index (χ3n) is 4.25. The van der Waals surface area contributed by atoms with Gasteiger partial charge < -0.3 is 15.7 Å². The Balaban J connectivity index is 2.11. The molecule has 0 aliphatic heterocycles. The molecule has 0 aliphatic rings. The van der Waals surface area contributed by atoms with E-state index in [0.29, 0.717) is 12.1 Å². The highest BCUT2D eigenvalue weighted by Gasteiger charge is 2.25. The van der Waals surface area contributed by atoms with Gasteiger partial charge in [0.25, 0.3) is 11.8 Å². The fourth-order valence-corrected chi connectivity index (χ4v) is 2.45. The summed E-state index contributed by atoms with van der Waals surface area (Å²) in [6.45, 7) is 3.59. The third-order valence-corrected chi connectivity index (χ3v) is 4.25. The van der Waals surface area contributed by atoms with Gasteiger partial charge >= 0.3 is 5.97 Å². The number of amides is 2. The number of halogens is 1. The maximum atomic E-state index is 12.9. The van der Waals surface area contributed by atoms with Gasteiger partial charge in [0.05, 0.1) is 0 Å². The predicted molar refractivity (Wildman–Crippen MR) is 99.1 cm³/mol. The van der Waals surface area contributed by atoms with E-state index in [2.05, 4.69) is 10.6 Å². The van der Waals surface area contributed by atoms with E-state index in [1.54, 1.807) is 19.1 Å². The summed E-state index contributed by atoms with van der Waals surface area (Å²) < 4.78 is 12.9. The number of rotatable bonds is 7. The smallest absolute Gasteiger partial charge is 0.326 e. The standard InChI is InChI=1S/C20H21FN2O4/c1-3-12(2)17(20(26)27)23-19(25)14-5-4-6-16(11-14)22-18(24)13-7-9-15(21)10-8-13/h4-12,17H,3H2,1-2H3,(H,22,24)(H,23,25)(H,26,27). The van der Waals surface area contributed by atoms with Crippen molar-refractivity contribution in [3.05, 3.63) is 65.5 Å². The van der Waals surface area contributed by atoms with Gasteiger partial charge in [-0.3, -0.25) is 9.59 Å². The zero-order valence-corrected chi connectivity index (χ0v) is 15.0. The Morgan fingerprint density at radius 1 is 1.04 bits per heavy atom. The summed E-state index contributed by atoms with van der Waals surface area (Å²) in [5.41, 5.74) is 0.864. The molecule has 0 aromatic heterocycles. The lowest BCUT2D eigenvalue weighted by Gasteiger charge is -2.20. The fraction of sp³-hybridized carbons (Fsp3) is 0.250.